The highest BCUT2D eigenvalue weighted by Crippen LogP contribution is 2.27. The minimum absolute atomic E-state index is 0.0904. The second-order valence-corrected chi connectivity index (χ2v) is 5.46. The summed E-state index contributed by atoms with van der Waals surface area (Å²) < 4.78 is 23.0. The van der Waals surface area contributed by atoms with E-state index >= 15 is 0 Å². The van der Waals surface area contributed by atoms with Gasteiger partial charge in [0.25, 0.3) is 0 Å². The van der Waals surface area contributed by atoms with Crippen LogP contribution in [0.4, 0.5) is 0 Å². The van der Waals surface area contributed by atoms with Crippen molar-refractivity contribution in [3.05, 3.63) is 24.3 Å². The van der Waals surface area contributed by atoms with Crippen LogP contribution in [0.25, 0.3) is 0 Å². The lowest BCUT2D eigenvalue weighted by Gasteiger charge is -2.25. The minimum atomic E-state index is 0.0904. The topological polar surface area (TPSA) is 61.0 Å². The highest BCUT2D eigenvalue weighted by molar-refractivity contribution is 5.39. The van der Waals surface area contributed by atoms with E-state index in [0.29, 0.717) is 13.2 Å². The summed E-state index contributed by atoms with van der Waals surface area (Å²) in [6, 6.07) is 7.73. The minimum Gasteiger partial charge on any atom is -0.487 e. The molecule has 122 valence electrons. The Balaban J connectivity index is 1.50. The Morgan fingerprint density at radius 1 is 0.864 bits per heavy atom. The van der Waals surface area contributed by atoms with Crippen molar-refractivity contribution < 1.29 is 18.9 Å². The zero-order chi connectivity index (χ0) is 15.0. The molecule has 0 saturated carbocycles. The van der Waals surface area contributed by atoms with Crippen molar-refractivity contribution in [3.63, 3.8) is 0 Å². The van der Waals surface area contributed by atoms with Crippen LogP contribution < -0.4 is 20.1 Å². The van der Waals surface area contributed by atoms with Gasteiger partial charge in [-0.1, -0.05) is 12.1 Å². The molecule has 2 aliphatic rings. The lowest BCUT2D eigenvalue weighted by Crippen LogP contribution is -2.42. The van der Waals surface area contributed by atoms with Gasteiger partial charge in [0.05, 0.1) is 13.2 Å². The molecule has 6 heteroatoms. The number of nitrogens with one attached hydrogen (secondary N) is 2. The second-order valence-electron chi connectivity index (χ2n) is 5.46. The maximum atomic E-state index is 5.87. The summed E-state index contributed by atoms with van der Waals surface area (Å²) in [5, 5.41) is 6.59. The summed E-state index contributed by atoms with van der Waals surface area (Å²) in [6.07, 6.45) is 0.181. The van der Waals surface area contributed by atoms with Gasteiger partial charge in [0, 0.05) is 26.2 Å². The van der Waals surface area contributed by atoms with Gasteiger partial charge in [-0.05, 0) is 12.1 Å². The molecule has 0 bridgehead atoms. The van der Waals surface area contributed by atoms with Crippen LogP contribution in [0.5, 0.6) is 11.5 Å². The Kier molecular flexibility index (Phi) is 5.89. The van der Waals surface area contributed by atoms with Crippen molar-refractivity contribution in [2.24, 2.45) is 0 Å². The smallest absolute Gasteiger partial charge is 0.161 e. The zero-order valence-corrected chi connectivity index (χ0v) is 12.8. The lowest BCUT2D eigenvalue weighted by molar-refractivity contribution is -0.00564. The third-order valence-electron chi connectivity index (χ3n) is 3.71. The molecular formula is C16H24N2O4. The molecule has 0 aromatic heterocycles. The van der Waals surface area contributed by atoms with Crippen LogP contribution in [0.3, 0.4) is 0 Å². The maximum absolute atomic E-state index is 5.87. The maximum Gasteiger partial charge on any atom is 0.161 e. The molecule has 2 N–H and O–H groups in total. The summed E-state index contributed by atoms with van der Waals surface area (Å²) in [4.78, 5) is 0. The normalized spacial score (nSPS) is 25.6. The Bertz CT molecular complexity index is 405. The van der Waals surface area contributed by atoms with Crippen LogP contribution in [0.2, 0.25) is 0 Å². The predicted molar refractivity (Wildman–Crippen MR) is 82.7 cm³/mol. The monoisotopic (exact) mass is 308 g/mol. The average molecular weight is 308 g/mol. The van der Waals surface area contributed by atoms with Gasteiger partial charge in [-0.15, -0.1) is 0 Å². The van der Waals surface area contributed by atoms with E-state index in [4.69, 9.17) is 18.9 Å². The number of rotatable bonds is 6. The van der Waals surface area contributed by atoms with E-state index < -0.39 is 0 Å². The van der Waals surface area contributed by atoms with E-state index in [-0.39, 0.29) is 12.2 Å². The van der Waals surface area contributed by atoms with Crippen molar-refractivity contribution in [1.82, 2.24) is 10.6 Å². The fraction of sp³-hybridized carbons (Fsp3) is 0.625. The number of ether oxygens (including phenoxy) is 4. The molecule has 2 heterocycles. The fourth-order valence-electron chi connectivity index (χ4n) is 2.51. The van der Waals surface area contributed by atoms with Crippen LogP contribution >= 0.6 is 0 Å². The Morgan fingerprint density at radius 3 is 1.77 bits per heavy atom. The third kappa shape index (κ3) is 4.58. The van der Waals surface area contributed by atoms with Crippen LogP contribution in [-0.4, -0.2) is 64.8 Å². The molecule has 3 rings (SSSR count). The first-order valence-corrected chi connectivity index (χ1v) is 7.91. The average Bonchev–Trinajstić information content (AvgIpc) is 2.61. The van der Waals surface area contributed by atoms with Crippen LogP contribution in [0.1, 0.15) is 0 Å². The van der Waals surface area contributed by atoms with Crippen molar-refractivity contribution in [1.29, 1.82) is 0 Å². The fourth-order valence-corrected chi connectivity index (χ4v) is 2.51. The van der Waals surface area contributed by atoms with E-state index in [1.807, 2.05) is 24.3 Å². The number of benzene rings is 1. The van der Waals surface area contributed by atoms with E-state index in [0.717, 1.165) is 50.9 Å². The van der Waals surface area contributed by atoms with Crippen molar-refractivity contribution >= 4 is 0 Å². The lowest BCUT2D eigenvalue weighted by atomic mass is 10.3. The summed E-state index contributed by atoms with van der Waals surface area (Å²) in [6.45, 7) is 5.98. The Labute approximate surface area is 131 Å². The zero-order valence-electron chi connectivity index (χ0n) is 12.8. The first-order valence-electron chi connectivity index (χ1n) is 7.91. The first-order chi connectivity index (χ1) is 10.9. The van der Waals surface area contributed by atoms with Gasteiger partial charge < -0.3 is 29.6 Å². The molecule has 1 aromatic rings. The molecular weight excluding hydrogens is 284 g/mol. The molecule has 6 nitrogen and oxygen atoms in total. The third-order valence-corrected chi connectivity index (χ3v) is 3.71. The molecule has 0 aliphatic carbocycles. The predicted octanol–water partition coefficient (Wildman–Crippen LogP) is 0.421. The van der Waals surface area contributed by atoms with Gasteiger partial charge in [-0.2, -0.15) is 0 Å². The SMILES string of the molecule is c1ccc(OCC2CNCCO2)c(OCC2CNCCO2)c1. The van der Waals surface area contributed by atoms with Crippen LogP contribution in [-0.2, 0) is 9.47 Å². The van der Waals surface area contributed by atoms with E-state index in [2.05, 4.69) is 10.6 Å². The highest BCUT2D eigenvalue weighted by Gasteiger charge is 2.17. The molecule has 0 amide bonds. The van der Waals surface area contributed by atoms with Gasteiger partial charge in [0.15, 0.2) is 11.5 Å². The van der Waals surface area contributed by atoms with Gasteiger partial charge in [0.1, 0.15) is 25.4 Å². The summed E-state index contributed by atoms with van der Waals surface area (Å²) in [5.41, 5.74) is 0. The van der Waals surface area contributed by atoms with Crippen LogP contribution in [0.15, 0.2) is 24.3 Å². The summed E-state index contributed by atoms with van der Waals surface area (Å²) in [7, 11) is 0. The second kappa shape index (κ2) is 8.33. The van der Waals surface area contributed by atoms with Gasteiger partial charge in [-0.3, -0.25) is 0 Å². The number of morpholine rings is 2. The molecule has 1 aromatic carbocycles. The van der Waals surface area contributed by atoms with E-state index in [1.165, 1.54) is 0 Å². The van der Waals surface area contributed by atoms with Crippen molar-refractivity contribution in [2.45, 2.75) is 12.2 Å². The molecule has 2 fully saturated rings. The molecule has 2 saturated heterocycles. The molecule has 0 spiro atoms. The summed E-state index contributed by atoms with van der Waals surface area (Å²) in [5.74, 6) is 1.50. The molecule has 2 aliphatic heterocycles. The number of hydrogen-bond donors (Lipinski definition) is 2. The van der Waals surface area contributed by atoms with Crippen molar-refractivity contribution in [2.75, 3.05) is 52.6 Å². The van der Waals surface area contributed by atoms with Gasteiger partial charge in [-0.25, -0.2) is 0 Å². The standard InChI is InChI=1S/C16H24N2O4/c1-2-4-16(22-12-14-10-18-6-8-20-14)15(3-1)21-11-13-9-17-5-7-19-13/h1-4,13-14,17-18H,5-12H2. The molecule has 2 atom stereocenters. The Hall–Kier alpha value is -1.34. The highest BCUT2D eigenvalue weighted by atomic mass is 16.6. The van der Waals surface area contributed by atoms with Crippen molar-refractivity contribution in [3.8, 4) is 11.5 Å². The largest absolute Gasteiger partial charge is 0.487 e. The summed E-state index contributed by atoms with van der Waals surface area (Å²) >= 11 is 0. The number of hydrogen-bond acceptors (Lipinski definition) is 6. The van der Waals surface area contributed by atoms with E-state index in [9.17, 15) is 0 Å². The molecule has 0 radical (unpaired) electrons. The van der Waals surface area contributed by atoms with Gasteiger partial charge in [0.2, 0.25) is 0 Å². The Morgan fingerprint density at radius 2 is 1.36 bits per heavy atom. The molecule has 2 unspecified atom stereocenters. The quantitative estimate of drug-likeness (QED) is 0.794. The van der Waals surface area contributed by atoms with E-state index in [1.54, 1.807) is 0 Å². The first kappa shape index (κ1) is 15.6. The van der Waals surface area contributed by atoms with Crippen LogP contribution in [0, 0.1) is 0 Å². The number of para-hydroxylation sites is 2. The van der Waals surface area contributed by atoms with Gasteiger partial charge >= 0.3 is 0 Å². The molecule has 22 heavy (non-hydrogen) atoms.